The average molecular weight is 553 g/mol. The van der Waals surface area contributed by atoms with E-state index < -0.39 is 0 Å². The molecule has 0 unspecified atom stereocenters. The third kappa shape index (κ3) is 11.5. The lowest BCUT2D eigenvalue weighted by Crippen LogP contribution is -2.33. The molecule has 1 aliphatic heterocycles. The molecule has 4 N–H and O–H groups in total. The minimum atomic E-state index is -0.204. The van der Waals surface area contributed by atoms with Crippen molar-refractivity contribution in [1.29, 1.82) is 0 Å². The van der Waals surface area contributed by atoms with Crippen LogP contribution in [0, 0.1) is 19.3 Å². The maximum absolute atomic E-state index is 11.5. The molecule has 0 spiro atoms. The number of aliphatic imine (C=N–C) groups is 1. The fourth-order valence-electron chi connectivity index (χ4n) is 4.17. The van der Waals surface area contributed by atoms with Crippen molar-refractivity contribution >= 4 is 22.9 Å². The van der Waals surface area contributed by atoms with Crippen LogP contribution in [0.2, 0.25) is 0 Å². The van der Waals surface area contributed by atoms with Crippen LogP contribution in [0.25, 0.3) is 5.57 Å². The Kier molecular flexibility index (Phi) is 17.7. The molecule has 1 aromatic carbocycles. The Bertz CT molecular complexity index is 1130. The Morgan fingerprint density at radius 3 is 1.95 bits per heavy atom. The third-order valence-corrected chi connectivity index (χ3v) is 6.34. The van der Waals surface area contributed by atoms with E-state index in [1.165, 1.54) is 66.1 Å². The summed E-state index contributed by atoms with van der Waals surface area (Å²) < 4.78 is 0. The van der Waals surface area contributed by atoms with Gasteiger partial charge in [-0.15, -0.1) is 0 Å². The molecule has 0 aromatic heterocycles. The second-order valence-corrected chi connectivity index (χ2v) is 10.7. The largest absolute Gasteiger partial charge is 0.385 e. The van der Waals surface area contributed by atoms with Crippen LogP contribution in [0.3, 0.4) is 0 Å². The smallest absolute Gasteiger partial charge is 0.178 e. The molecule has 6 heteroatoms. The van der Waals surface area contributed by atoms with Crippen molar-refractivity contribution in [2.75, 3.05) is 7.05 Å². The second-order valence-electron chi connectivity index (χ2n) is 10.7. The quantitative estimate of drug-likeness (QED) is 0.357. The highest BCUT2D eigenvalue weighted by atomic mass is 16.1. The summed E-state index contributed by atoms with van der Waals surface area (Å²) in [6.45, 7) is 32.3. The SMILES string of the molecule is C=C(CC(C)(C)C)c1ccc([C@@H](C)CC)c(C)c1C.C=C(N)N1C(C(C)=O)=CC(C(C)=O)=N/C1=C/C.CC.CN. The van der Waals surface area contributed by atoms with Crippen molar-refractivity contribution in [3.63, 3.8) is 0 Å². The first-order valence-electron chi connectivity index (χ1n) is 14.1. The zero-order valence-electron chi connectivity index (χ0n) is 27.6. The second kappa shape index (κ2) is 18.2. The molecule has 1 aliphatic rings. The van der Waals surface area contributed by atoms with E-state index in [0.29, 0.717) is 22.9 Å². The van der Waals surface area contributed by atoms with Gasteiger partial charge in [0.1, 0.15) is 17.4 Å². The Hall–Kier alpha value is -3.25. The Morgan fingerprint density at radius 2 is 1.57 bits per heavy atom. The summed E-state index contributed by atoms with van der Waals surface area (Å²) in [5.74, 6) is 0.847. The van der Waals surface area contributed by atoms with Crippen LogP contribution in [0.15, 0.2) is 59.8 Å². The fourth-order valence-corrected chi connectivity index (χ4v) is 4.17. The number of hydrogen-bond donors (Lipinski definition) is 2. The van der Waals surface area contributed by atoms with E-state index in [-0.39, 0.29) is 23.1 Å². The van der Waals surface area contributed by atoms with Gasteiger partial charge >= 0.3 is 0 Å². The number of ketones is 2. The molecule has 0 saturated heterocycles. The molecule has 0 saturated carbocycles. The van der Waals surface area contributed by atoms with E-state index in [1.807, 2.05) is 13.8 Å². The van der Waals surface area contributed by atoms with E-state index in [0.717, 1.165) is 6.42 Å². The molecular weight excluding hydrogens is 496 g/mol. The predicted molar refractivity (Wildman–Crippen MR) is 175 cm³/mol. The molecule has 0 amide bonds. The molecule has 0 aliphatic carbocycles. The summed E-state index contributed by atoms with van der Waals surface area (Å²) >= 11 is 0. The van der Waals surface area contributed by atoms with Crippen molar-refractivity contribution in [2.24, 2.45) is 21.9 Å². The molecule has 6 nitrogen and oxygen atoms in total. The summed E-state index contributed by atoms with van der Waals surface area (Å²) in [6.07, 6.45) is 5.34. The lowest BCUT2D eigenvalue weighted by Gasteiger charge is -2.28. The molecular formula is C34H56N4O2. The topological polar surface area (TPSA) is 102 Å². The van der Waals surface area contributed by atoms with Crippen LogP contribution in [0.5, 0.6) is 0 Å². The number of nitrogens with two attached hydrogens (primary N) is 2. The predicted octanol–water partition coefficient (Wildman–Crippen LogP) is 7.96. The molecule has 1 heterocycles. The van der Waals surface area contributed by atoms with Crippen LogP contribution in [0.1, 0.15) is 110 Å². The number of carbonyl (C=O) groups excluding carboxylic acids is 2. The zero-order valence-corrected chi connectivity index (χ0v) is 27.6. The van der Waals surface area contributed by atoms with E-state index >= 15 is 0 Å². The summed E-state index contributed by atoms with van der Waals surface area (Å²) in [7, 11) is 1.50. The van der Waals surface area contributed by atoms with Crippen LogP contribution in [-0.2, 0) is 9.59 Å². The lowest BCUT2D eigenvalue weighted by atomic mass is 9.82. The zero-order chi connectivity index (χ0) is 32.0. The maximum atomic E-state index is 11.5. The van der Waals surface area contributed by atoms with Gasteiger partial charge in [-0.2, -0.15) is 0 Å². The van der Waals surface area contributed by atoms with Crippen LogP contribution >= 0.6 is 0 Å². The van der Waals surface area contributed by atoms with Crippen molar-refractivity contribution in [2.45, 2.75) is 102 Å². The van der Waals surface area contributed by atoms with Gasteiger partial charge in [-0.1, -0.05) is 73.8 Å². The van der Waals surface area contributed by atoms with Crippen molar-refractivity contribution in [3.05, 3.63) is 77.0 Å². The van der Waals surface area contributed by atoms with Gasteiger partial charge in [-0.3, -0.25) is 14.5 Å². The van der Waals surface area contributed by atoms with E-state index in [4.69, 9.17) is 5.73 Å². The van der Waals surface area contributed by atoms with Crippen LogP contribution in [0.4, 0.5) is 0 Å². The number of rotatable bonds is 7. The molecule has 0 radical (unpaired) electrons. The van der Waals surface area contributed by atoms with Gasteiger partial charge in [0.25, 0.3) is 0 Å². The number of Topliss-reactive ketones (excluding diaryl/α,β-unsaturated/α-hetero) is 2. The lowest BCUT2D eigenvalue weighted by molar-refractivity contribution is -0.114. The van der Waals surface area contributed by atoms with Gasteiger partial charge in [0, 0.05) is 13.8 Å². The van der Waals surface area contributed by atoms with E-state index in [1.54, 1.807) is 13.0 Å². The van der Waals surface area contributed by atoms with E-state index in [9.17, 15) is 9.59 Å². The minimum absolute atomic E-state index is 0.186. The summed E-state index contributed by atoms with van der Waals surface area (Å²) in [5, 5.41) is 0. The Balaban J connectivity index is 0. The number of benzene rings is 1. The third-order valence-electron chi connectivity index (χ3n) is 6.34. The molecule has 0 bridgehead atoms. The number of carbonyl (C=O) groups is 2. The average Bonchev–Trinajstić information content (AvgIpc) is 2.90. The summed E-state index contributed by atoms with van der Waals surface area (Å²) in [4.78, 5) is 28.4. The molecule has 1 aromatic rings. The van der Waals surface area contributed by atoms with Crippen molar-refractivity contribution in [1.82, 2.24) is 4.90 Å². The molecule has 1 atom stereocenters. The number of nitrogens with zero attached hydrogens (tertiary/aromatic N) is 2. The monoisotopic (exact) mass is 552 g/mol. The minimum Gasteiger partial charge on any atom is -0.385 e. The highest BCUT2D eigenvalue weighted by molar-refractivity contribution is 6.44. The number of allylic oxidation sites excluding steroid dienone is 4. The normalized spacial score (nSPS) is 14.2. The Morgan fingerprint density at radius 1 is 1.05 bits per heavy atom. The molecule has 2 rings (SSSR count). The summed E-state index contributed by atoms with van der Waals surface area (Å²) in [6, 6.07) is 4.58. The molecule has 40 heavy (non-hydrogen) atoms. The van der Waals surface area contributed by atoms with Crippen LogP contribution < -0.4 is 11.5 Å². The van der Waals surface area contributed by atoms with Gasteiger partial charge in [-0.25, -0.2) is 4.99 Å². The summed E-state index contributed by atoms with van der Waals surface area (Å²) in [5.41, 5.74) is 17.9. The maximum Gasteiger partial charge on any atom is 0.178 e. The first-order valence-corrected chi connectivity index (χ1v) is 14.1. The van der Waals surface area contributed by atoms with Crippen LogP contribution in [-0.4, -0.2) is 29.2 Å². The molecule has 224 valence electrons. The van der Waals surface area contributed by atoms with Gasteiger partial charge in [-0.05, 0) is 92.0 Å². The van der Waals surface area contributed by atoms with Crippen molar-refractivity contribution < 1.29 is 9.59 Å². The van der Waals surface area contributed by atoms with Gasteiger partial charge < -0.3 is 11.5 Å². The first-order chi connectivity index (χ1) is 18.5. The Labute approximate surface area is 245 Å². The first kappa shape index (κ1) is 38.9. The number of hydrogen-bond acceptors (Lipinski definition) is 6. The molecule has 0 fully saturated rings. The van der Waals surface area contributed by atoms with Gasteiger partial charge in [0.05, 0.1) is 5.70 Å². The van der Waals surface area contributed by atoms with Crippen molar-refractivity contribution in [3.8, 4) is 0 Å². The van der Waals surface area contributed by atoms with Gasteiger partial charge in [0.15, 0.2) is 11.6 Å². The highest BCUT2D eigenvalue weighted by Gasteiger charge is 2.25. The van der Waals surface area contributed by atoms with Gasteiger partial charge in [0.2, 0.25) is 0 Å². The highest BCUT2D eigenvalue weighted by Crippen LogP contribution is 2.34. The van der Waals surface area contributed by atoms with E-state index in [2.05, 4.69) is 84.5 Å². The fraction of sp³-hybridized carbons (Fsp3) is 0.500. The standard InChI is InChI=1S/C19H30.C12H15N3O2.C2H6.CH5N/c1-9-13(2)17-10-11-18(16(5)15(17)4)14(3)12-19(6,7)8;1-5-12-14-10(7(2)16)6-11(8(3)17)15(12)9(4)13;2*1-2/h10-11,13H,3,9,12H2,1-2,4-8H3;5-6H,4,13H2,1-3H3;1-2H3;2H2,1H3/b;12-5-;;/t13-;;;/m0.../s1.